The van der Waals surface area contributed by atoms with Gasteiger partial charge in [0, 0.05) is 31.3 Å². The highest BCUT2D eigenvalue weighted by atomic mass is 32.7. The molecule has 152 valence electrons. The average Bonchev–Trinajstić information content (AvgIpc) is 3.14. The van der Waals surface area contributed by atoms with E-state index in [2.05, 4.69) is 59.6 Å². The van der Waals surface area contributed by atoms with Crippen LogP contribution in [0.5, 0.6) is 0 Å². The molecule has 6 nitrogen and oxygen atoms in total. The highest BCUT2D eigenvalue weighted by Gasteiger charge is 2.24. The fourth-order valence-electron chi connectivity index (χ4n) is 3.66. The third kappa shape index (κ3) is 5.82. The molecule has 3 rings (SSSR count). The summed E-state index contributed by atoms with van der Waals surface area (Å²) in [6.07, 6.45) is 0.974. The van der Waals surface area contributed by atoms with Crippen LogP contribution in [-0.4, -0.2) is 59.0 Å². The van der Waals surface area contributed by atoms with Crippen molar-refractivity contribution in [3.63, 3.8) is 0 Å². The Bertz CT molecular complexity index is 865. The summed E-state index contributed by atoms with van der Waals surface area (Å²) < 4.78 is 10.8. The Kier molecular flexibility index (Phi) is 7.55. The first kappa shape index (κ1) is 21.3. The maximum atomic E-state index is 10.8. The van der Waals surface area contributed by atoms with Gasteiger partial charge in [0.2, 0.25) is 0 Å². The van der Waals surface area contributed by atoms with Crippen LogP contribution in [0.4, 0.5) is 0 Å². The zero-order valence-electron chi connectivity index (χ0n) is 16.1. The smallest absolute Gasteiger partial charge is 0.358 e. The van der Waals surface area contributed by atoms with E-state index in [4.69, 9.17) is 14.8 Å². The number of hydrogen-bond donors (Lipinski definition) is 3. The molecule has 0 spiro atoms. The number of nitrogens with zero attached hydrogens (tertiary/aromatic N) is 2. The zero-order chi connectivity index (χ0) is 20.0. The molecule has 0 radical (unpaired) electrons. The third-order valence-corrected chi connectivity index (χ3v) is 7.24. The number of nitrogens with one attached hydrogen (secondary N) is 1. The van der Waals surface area contributed by atoms with E-state index in [0.717, 1.165) is 38.4 Å². The molecule has 28 heavy (non-hydrogen) atoms. The first-order valence-corrected chi connectivity index (χ1v) is 12.8. The van der Waals surface area contributed by atoms with Gasteiger partial charge >= 0.3 is 6.80 Å². The molecule has 2 aromatic rings. The van der Waals surface area contributed by atoms with E-state index < -0.39 is 6.80 Å². The summed E-state index contributed by atoms with van der Waals surface area (Å²) in [5, 5.41) is 5.80. The zero-order valence-corrected chi connectivity index (χ0v) is 17.8. The summed E-state index contributed by atoms with van der Waals surface area (Å²) >= 11 is 0.694. The number of fused-ring (bicyclic) bond motifs is 1. The summed E-state index contributed by atoms with van der Waals surface area (Å²) in [5.41, 5.74) is 1.32. The van der Waals surface area contributed by atoms with Gasteiger partial charge in [0.25, 0.3) is 0 Å². The van der Waals surface area contributed by atoms with Crippen LogP contribution in [0.15, 0.2) is 47.5 Å². The van der Waals surface area contributed by atoms with Crippen molar-refractivity contribution in [2.24, 2.45) is 4.99 Å². The second-order valence-electron chi connectivity index (χ2n) is 6.94. The quantitative estimate of drug-likeness (QED) is 0.402. The van der Waals surface area contributed by atoms with Crippen molar-refractivity contribution in [1.29, 1.82) is 0 Å². The fraction of sp³-hybridized carbons (Fsp3) is 0.450. The minimum absolute atomic E-state index is 0.251. The lowest BCUT2D eigenvalue weighted by atomic mass is 9.93. The van der Waals surface area contributed by atoms with Gasteiger partial charge in [-0.15, -0.1) is 0 Å². The molecule has 8 heteroatoms. The van der Waals surface area contributed by atoms with Gasteiger partial charge in [-0.05, 0) is 40.7 Å². The van der Waals surface area contributed by atoms with Crippen LogP contribution in [0.2, 0.25) is 0 Å². The van der Waals surface area contributed by atoms with E-state index in [1.54, 1.807) is 0 Å². The molecular weight excluding hydrogens is 393 g/mol. The van der Waals surface area contributed by atoms with Crippen molar-refractivity contribution < 1.29 is 14.4 Å². The fourth-order valence-corrected chi connectivity index (χ4v) is 5.12. The van der Waals surface area contributed by atoms with E-state index in [-0.39, 0.29) is 5.92 Å². The molecule has 0 aromatic heterocycles. The predicted molar refractivity (Wildman–Crippen MR) is 118 cm³/mol. The van der Waals surface area contributed by atoms with Crippen molar-refractivity contribution in [2.45, 2.75) is 19.3 Å². The predicted octanol–water partition coefficient (Wildman–Crippen LogP) is 3.46. The monoisotopic (exact) mass is 421 g/mol. The van der Waals surface area contributed by atoms with Gasteiger partial charge in [-0.3, -0.25) is 4.99 Å². The highest BCUT2D eigenvalue weighted by molar-refractivity contribution is 8.54. The molecule has 0 amide bonds. The van der Waals surface area contributed by atoms with Crippen LogP contribution < -0.4 is 5.32 Å². The summed E-state index contributed by atoms with van der Waals surface area (Å²) in [4.78, 5) is 24.8. The first-order chi connectivity index (χ1) is 13.5. The van der Waals surface area contributed by atoms with Crippen LogP contribution in [0, 0.1) is 0 Å². The lowest BCUT2D eigenvalue weighted by Gasteiger charge is -2.25. The Morgan fingerprint density at radius 3 is 2.82 bits per heavy atom. The van der Waals surface area contributed by atoms with Gasteiger partial charge in [0.15, 0.2) is 0 Å². The Hall–Kier alpha value is -1.37. The first-order valence-electron chi connectivity index (χ1n) is 9.63. The molecular formula is C20H28N3O3PS. The molecule has 0 aliphatic carbocycles. The Morgan fingerprint density at radius 2 is 2.00 bits per heavy atom. The number of rotatable bonds is 10. The molecule has 3 N–H and O–H groups in total. The van der Waals surface area contributed by atoms with Crippen molar-refractivity contribution >= 4 is 34.8 Å². The van der Waals surface area contributed by atoms with Crippen molar-refractivity contribution in [1.82, 2.24) is 10.2 Å². The molecule has 2 aromatic carbocycles. The number of amidine groups is 1. The standard InChI is InChI=1S/C20H28N3O3PS/c1-16(18-9-4-7-17-6-2-3-8-19(17)18)20-22-11-14-23(20)13-5-10-21-12-15-28-27(24,25)26/h2-4,6-9,16,21H,5,10-15H2,1H3,(H2,24,25,26). The minimum Gasteiger partial charge on any atom is -0.358 e. The Balaban J connectivity index is 1.51. The van der Waals surface area contributed by atoms with Gasteiger partial charge in [0.05, 0.1) is 6.54 Å². The molecule has 1 heterocycles. The van der Waals surface area contributed by atoms with Crippen LogP contribution >= 0.6 is 18.2 Å². The molecule has 1 aliphatic rings. The topological polar surface area (TPSA) is 85.2 Å². The van der Waals surface area contributed by atoms with E-state index in [1.807, 2.05) is 0 Å². The minimum atomic E-state index is -3.95. The van der Waals surface area contributed by atoms with Gasteiger partial charge in [-0.1, -0.05) is 49.4 Å². The van der Waals surface area contributed by atoms with Crippen LogP contribution in [0.3, 0.4) is 0 Å². The van der Waals surface area contributed by atoms with Gasteiger partial charge in [-0.25, -0.2) is 4.57 Å². The number of hydrogen-bond acceptors (Lipinski definition) is 5. The van der Waals surface area contributed by atoms with Crippen molar-refractivity contribution in [2.75, 3.05) is 38.5 Å². The molecule has 0 saturated heterocycles. The normalized spacial score (nSPS) is 15.8. The second kappa shape index (κ2) is 9.90. The second-order valence-corrected chi connectivity index (χ2v) is 10.8. The molecule has 1 atom stereocenters. The Morgan fingerprint density at radius 1 is 1.21 bits per heavy atom. The molecule has 0 fully saturated rings. The maximum Gasteiger partial charge on any atom is 0.384 e. The molecule has 0 bridgehead atoms. The van der Waals surface area contributed by atoms with Crippen molar-refractivity contribution in [3.05, 3.63) is 48.0 Å². The van der Waals surface area contributed by atoms with Gasteiger partial charge in [-0.2, -0.15) is 0 Å². The Labute approximate surface area is 170 Å². The lowest BCUT2D eigenvalue weighted by molar-refractivity contribution is 0.397. The summed E-state index contributed by atoms with van der Waals surface area (Å²) in [6, 6.07) is 15.0. The summed E-state index contributed by atoms with van der Waals surface area (Å²) in [5.74, 6) is 1.83. The van der Waals surface area contributed by atoms with Crippen LogP contribution in [0.1, 0.15) is 24.8 Å². The molecule has 1 unspecified atom stereocenters. The van der Waals surface area contributed by atoms with E-state index in [9.17, 15) is 4.57 Å². The molecule has 1 aliphatic heterocycles. The summed E-state index contributed by atoms with van der Waals surface area (Å²) in [6.45, 7) is 2.45. The number of benzene rings is 2. The lowest BCUT2D eigenvalue weighted by Crippen LogP contribution is -2.34. The van der Waals surface area contributed by atoms with Gasteiger partial charge < -0.3 is 20.0 Å². The third-order valence-electron chi connectivity index (χ3n) is 4.96. The highest BCUT2D eigenvalue weighted by Crippen LogP contribution is 2.49. The molecule has 0 saturated carbocycles. The van der Waals surface area contributed by atoms with Crippen LogP contribution in [0.25, 0.3) is 10.8 Å². The van der Waals surface area contributed by atoms with Gasteiger partial charge in [0.1, 0.15) is 5.84 Å². The van der Waals surface area contributed by atoms with Crippen molar-refractivity contribution in [3.8, 4) is 0 Å². The number of aliphatic imine (C=N–C) groups is 1. The largest absolute Gasteiger partial charge is 0.384 e. The van der Waals surface area contributed by atoms with Crippen LogP contribution in [-0.2, 0) is 4.57 Å². The van der Waals surface area contributed by atoms with E-state index in [0.29, 0.717) is 23.7 Å². The summed E-state index contributed by atoms with van der Waals surface area (Å²) in [7, 11) is 0. The SMILES string of the molecule is CC(C1=NCCN1CCCNCCSP(=O)(O)O)c1cccc2ccccc12. The average molecular weight is 422 g/mol. The van der Waals surface area contributed by atoms with E-state index in [1.165, 1.54) is 16.3 Å². The maximum absolute atomic E-state index is 10.8. The van der Waals surface area contributed by atoms with E-state index >= 15 is 0 Å².